The van der Waals surface area contributed by atoms with Gasteiger partial charge in [0.15, 0.2) is 0 Å². The largest absolute Gasteiger partial charge is 0.394 e. The van der Waals surface area contributed by atoms with Crippen molar-refractivity contribution in [1.29, 1.82) is 0 Å². The molecule has 0 aromatic rings. The fourth-order valence-corrected chi connectivity index (χ4v) is 2.76. The Morgan fingerprint density at radius 1 is 1.27 bits per heavy atom. The molecule has 0 amide bonds. The van der Waals surface area contributed by atoms with Crippen molar-refractivity contribution in [3.05, 3.63) is 0 Å². The lowest BCUT2D eigenvalue weighted by molar-refractivity contribution is 0.130. The first kappa shape index (κ1) is 11.4. The van der Waals surface area contributed by atoms with Crippen LogP contribution in [0.3, 0.4) is 0 Å². The molecule has 1 saturated heterocycles. The second-order valence-electron chi connectivity index (χ2n) is 5.81. The summed E-state index contributed by atoms with van der Waals surface area (Å²) in [6, 6.07) is 0. The number of hydrogen-bond donors (Lipinski definition) is 2. The van der Waals surface area contributed by atoms with E-state index in [2.05, 4.69) is 18.7 Å². The molecule has 1 aliphatic heterocycles. The average Bonchev–Trinajstić information content (AvgIpc) is 2.96. The lowest BCUT2D eigenvalue weighted by Crippen LogP contribution is -2.54. The van der Waals surface area contributed by atoms with Gasteiger partial charge in [-0.3, -0.25) is 0 Å². The van der Waals surface area contributed by atoms with Crippen molar-refractivity contribution in [2.24, 2.45) is 23.5 Å². The SMILES string of the molecule is CC1CN(CC(N)(CO)C2CC2)CC1C. The van der Waals surface area contributed by atoms with Gasteiger partial charge >= 0.3 is 0 Å². The Labute approximate surface area is 92.6 Å². The highest BCUT2D eigenvalue weighted by atomic mass is 16.3. The number of nitrogens with zero attached hydrogens (tertiary/aromatic N) is 1. The monoisotopic (exact) mass is 212 g/mol. The van der Waals surface area contributed by atoms with E-state index in [1.807, 2.05) is 0 Å². The van der Waals surface area contributed by atoms with Crippen molar-refractivity contribution in [3.63, 3.8) is 0 Å². The van der Waals surface area contributed by atoms with Crippen LogP contribution in [-0.4, -0.2) is 41.8 Å². The molecule has 1 aliphatic carbocycles. The van der Waals surface area contributed by atoms with Gasteiger partial charge < -0.3 is 15.7 Å². The molecule has 0 radical (unpaired) electrons. The molecule has 0 aromatic heterocycles. The van der Waals surface area contributed by atoms with Crippen LogP contribution in [0, 0.1) is 17.8 Å². The minimum atomic E-state index is -0.330. The van der Waals surface area contributed by atoms with Crippen LogP contribution >= 0.6 is 0 Å². The molecule has 3 nitrogen and oxygen atoms in total. The van der Waals surface area contributed by atoms with Gasteiger partial charge in [0.25, 0.3) is 0 Å². The van der Waals surface area contributed by atoms with E-state index in [1.54, 1.807) is 0 Å². The Hall–Kier alpha value is -0.120. The molecule has 3 atom stereocenters. The maximum atomic E-state index is 9.44. The standard InChI is InChI=1S/C12H24N2O/c1-9-5-14(6-10(9)2)7-12(13,8-15)11-3-4-11/h9-11,15H,3-8,13H2,1-2H3. The van der Waals surface area contributed by atoms with Crippen molar-refractivity contribution in [1.82, 2.24) is 4.90 Å². The molecule has 2 rings (SSSR count). The third-order valence-electron chi connectivity index (χ3n) is 4.27. The van der Waals surface area contributed by atoms with Gasteiger partial charge in [0.1, 0.15) is 0 Å². The van der Waals surface area contributed by atoms with Gasteiger partial charge in [-0.25, -0.2) is 0 Å². The van der Waals surface area contributed by atoms with Crippen LogP contribution < -0.4 is 5.73 Å². The molecule has 3 unspecified atom stereocenters. The minimum absolute atomic E-state index is 0.136. The van der Waals surface area contributed by atoms with Crippen LogP contribution in [0.15, 0.2) is 0 Å². The van der Waals surface area contributed by atoms with Crippen molar-refractivity contribution in [2.45, 2.75) is 32.2 Å². The molecule has 2 fully saturated rings. The number of hydrogen-bond acceptors (Lipinski definition) is 3. The predicted octanol–water partition coefficient (Wildman–Crippen LogP) is 0.674. The van der Waals surface area contributed by atoms with Gasteiger partial charge in [-0.15, -0.1) is 0 Å². The molecule has 1 heterocycles. The molecule has 2 aliphatic rings. The first-order valence-corrected chi connectivity index (χ1v) is 6.17. The van der Waals surface area contributed by atoms with Crippen molar-refractivity contribution in [2.75, 3.05) is 26.2 Å². The Kier molecular flexibility index (Phi) is 3.06. The summed E-state index contributed by atoms with van der Waals surface area (Å²) in [5, 5.41) is 9.44. The third-order valence-corrected chi connectivity index (χ3v) is 4.27. The lowest BCUT2D eigenvalue weighted by Gasteiger charge is -2.32. The molecule has 0 aromatic carbocycles. The van der Waals surface area contributed by atoms with Crippen LogP contribution in [0.5, 0.6) is 0 Å². The maximum absolute atomic E-state index is 9.44. The second kappa shape index (κ2) is 4.04. The highest BCUT2D eigenvalue weighted by Crippen LogP contribution is 2.39. The summed E-state index contributed by atoms with van der Waals surface area (Å²) < 4.78 is 0. The zero-order valence-electron chi connectivity index (χ0n) is 9.95. The van der Waals surface area contributed by atoms with E-state index in [1.165, 1.54) is 12.8 Å². The molecule has 15 heavy (non-hydrogen) atoms. The van der Waals surface area contributed by atoms with E-state index in [9.17, 15) is 5.11 Å². The van der Waals surface area contributed by atoms with E-state index in [4.69, 9.17) is 5.73 Å². The quantitative estimate of drug-likeness (QED) is 0.720. The van der Waals surface area contributed by atoms with Gasteiger partial charge in [0, 0.05) is 19.6 Å². The van der Waals surface area contributed by atoms with Gasteiger partial charge in [-0.2, -0.15) is 0 Å². The van der Waals surface area contributed by atoms with Crippen LogP contribution in [0.2, 0.25) is 0 Å². The summed E-state index contributed by atoms with van der Waals surface area (Å²) in [7, 11) is 0. The summed E-state index contributed by atoms with van der Waals surface area (Å²) in [5.41, 5.74) is 5.95. The molecule has 3 heteroatoms. The molecule has 88 valence electrons. The Bertz CT molecular complexity index is 220. The predicted molar refractivity (Wildman–Crippen MR) is 61.5 cm³/mol. The third kappa shape index (κ3) is 2.35. The summed E-state index contributed by atoms with van der Waals surface area (Å²) >= 11 is 0. The van der Waals surface area contributed by atoms with E-state index in [-0.39, 0.29) is 12.1 Å². The normalized spacial score (nSPS) is 36.8. The summed E-state index contributed by atoms with van der Waals surface area (Å²) in [6.45, 7) is 7.91. The highest BCUT2D eigenvalue weighted by Gasteiger charge is 2.43. The maximum Gasteiger partial charge on any atom is 0.0626 e. The summed E-state index contributed by atoms with van der Waals surface area (Å²) in [6.07, 6.45) is 2.41. The van der Waals surface area contributed by atoms with E-state index in [0.717, 1.165) is 31.5 Å². The zero-order valence-corrected chi connectivity index (χ0v) is 9.95. The van der Waals surface area contributed by atoms with Crippen LogP contribution in [0.4, 0.5) is 0 Å². The number of aliphatic hydroxyl groups is 1. The Morgan fingerprint density at radius 3 is 2.20 bits per heavy atom. The van der Waals surface area contributed by atoms with Gasteiger partial charge in [-0.05, 0) is 30.6 Å². The minimum Gasteiger partial charge on any atom is -0.394 e. The van der Waals surface area contributed by atoms with Gasteiger partial charge in [0.05, 0.1) is 12.1 Å². The van der Waals surface area contributed by atoms with Crippen LogP contribution in [0.25, 0.3) is 0 Å². The van der Waals surface area contributed by atoms with Crippen molar-refractivity contribution >= 4 is 0 Å². The van der Waals surface area contributed by atoms with Gasteiger partial charge in [0.2, 0.25) is 0 Å². The van der Waals surface area contributed by atoms with Crippen molar-refractivity contribution < 1.29 is 5.11 Å². The molecular weight excluding hydrogens is 188 g/mol. The highest BCUT2D eigenvalue weighted by molar-refractivity contribution is 5.01. The second-order valence-corrected chi connectivity index (χ2v) is 5.81. The number of nitrogens with two attached hydrogens (primary N) is 1. The summed E-state index contributed by atoms with van der Waals surface area (Å²) in [4.78, 5) is 2.43. The smallest absolute Gasteiger partial charge is 0.0626 e. The van der Waals surface area contributed by atoms with E-state index >= 15 is 0 Å². The van der Waals surface area contributed by atoms with Crippen molar-refractivity contribution in [3.8, 4) is 0 Å². The fourth-order valence-electron chi connectivity index (χ4n) is 2.76. The average molecular weight is 212 g/mol. The first-order valence-electron chi connectivity index (χ1n) is 6.17. The number of aliphatic hydroxyl groups excluding tert-OH is 1. The Morgan fingerprint density at radius 2 is 1.80 bits per heavy atom. The van der Waals surface area contributed by atoms with Crippen LogP contribution in [-0.2, 0) is 0 Å². The molecule has 0 spiro atoms. The molecule has 1 saturated carbocycles. The fraction of sp³-hybridized carbons (Fsp3) is 1.00. The van der Waals surface area contributed by atoms with E-state index in [0.29, 0.717) is 5.92 Å². The topological polar surface area (TPSA) is 49.5 Å². The molecule has 0 bridgehead atoms. The zero-order chi connectivity index (χ0) is 11.1. The lowest BCUT2D eigenvalue weighted by atomic mass is 9.95. The molecule has 3 N–H and O–H groups in total. The van der Waals surface area contributed by atoms with Crippen LogP contribution in [0.1, 0.15) is 26.7 Å². The Balaban J connectivity index is 1.90. The van der Waals surface area contributed by atoms with E-state index < -0.39 is 0 Å². The first-order chi connectivity index (χ1) is 7.05. The van der Waals surface area contributed by atoms with Gasteiger partial charge in [-0.1, -0.05) is 13.8 Å². The molecular formula is C12H24N2O. The number of likely N-dealkylation sites (tertiary alicyclic amines) is 1. The number of rotatable bonds is 4. The summed E-state index contributed by atoms with van der Waals surface area (Å²) in [5.74, 6) is 2.10.